The maximum Gasteiger partial charge on any atom is 0.417 e. The van der Waals surface area contributed by atoms with Gasteiger partial charge in [0.05, 0.1) is 33.2 Å². The molecule has 43 heavy (non-hydrogen) atoms. The van der Waals surface area contributed by atoms with Crippen LogP contribution in [0, 0.1) is 0 Å². The molecule has 0 aliphatic carbocycles. The summed E-state index contributed by atoms with van der Waals surface area (Å²) in [7, 11) is -7.06. The van der Waals surface area contributed by atoms with Crippen molar-refractivity contribution in [1.82, 2.24) is 0 Å². The predicted octanol–water partition coefficient (Wildman–Crippen LogP) is 6.00. The zero-order valence-corrected chi connectivity index (χ0v) is 24.6. The van der Waals surface area contributed by atoms with Gasteiger partial charge in [0.1, 0.15) is 12.3 Å². The van der Waals surface area contributed by atoms with Gasteiger partial charge in [-0.25, -0.2) is 16.8 Å². The molecule has 0 heterocycles. The second kappa shape index (κ2) is 12.5. The van der Waals surface area contributed by atoms with E-state index in [2.05, 4.69) is 10.0 Å². The lowest BCUT2D eigenvalue weighted by atomic mass is 10.2. The molecule has 4 aromatic carbocycles. The third-order valence-electron chi connectivity index (χ3n) is 5.95. The average molecular weight is 654 g/mol. The molecule has 226 valence electrons. The fourth-order valence-corrected chi connectivity index (χ4v) is 6.55. The first-order valence-corrected chi connectivity index (χ1v) is 15.5. The Labute approximate surface area is 251 Å². The van der Waals surface area contributed by atoms with Crippen LogP contribution in [0.2, 0.25) is 5.02 Å². The number of benzene rings is 4. The molecule has 0 saturated carbocycles. The van der Waals surface area contributed by atoms with Gasteiger partial charge in [-0.05, 0) is 78.9 Å². The number of para-hydroxylation sites is 1. The van der Waals surface area contributed by atoms with Crippen molar-refractivity contribution in [1.29, 1.82) is 0 Å². The van der Waals surface area contributed by atoms with E-state index in [0.29, 0.717) is 11.8 Å². The molecule has 0 atom stereocenters. The van der Waals surface area contributed by atoms with Crippen molar-refractivity contribution in [2.24, 2.45) is 0 Å². The summed E-state index contributed by atoms with van der Waals surface area (Å²) in [5.41, 5.74) is -1.18. The summed E-state index contributed by atoms with van der Waals surface area (Å²) in [6.07, 6.45) is -4.79. The Morgan fingerprint density at radius 1 is 0.837 bits per heavy atom. The van der Waals surface area contributed by atoms with E-state index in [9.17, 15) is 34.8 Å². The molecule has 4 rings (SSSR count). The van der Waals surface area contributed by atoms with Crippen LogP contribution in [0.15, 0.2) is 107 Å². The van der Waals surface area contributed by atoms with Crippen LogP contribution in [-0.2, 0) is 31.0 Å². The zero-order valence-electron chi connectivity index (χ0n) is 22.2. The highest BCUT2D eigenvalue weighted by Crippen LogP contribution is 2.36. The van der Waals surface area contributed by atoms with Crippen LogP contribution in [0.1, 0.15) is 5.56 Å². The maximum absolute atomic E-state index is 13.5. The molecule has 0 fully saturated rings. The number of carbonyl (C=O) groups is 1. The average Bonchev–Trinajstić information content (AvgIpc) is 2.97. The van der Waals surface area contributed by atoms with Crippen molar-refractivity contribution in [3.8, 4) is 5.75 Å². The number of rotatable bonds is 10. The molecule has 0 saturated heterocycles. The largest absolute Gasteiger partial charge is 0.497 e. The molecule has 0 aliphatic heterocycles. The number of methoxy groups -OCH3 is 1. The van der Waals surface area contributed by atoms with Gasteiger partial charge in [-0.2, -0.15) is 13.2 Å². The SMILES string of the molecule is COc1ccc(S(=O)(=O)N(CC(=O)Nc2ccc(S(=O)(=O)Nc3ccc(Cl)c(C(F)(F)F)c3)cc2)c2ccccc2)cc1. The number of alkyl halides is 3. The third kappa shape index (κ3) is 7.58. The third-order valence-corrected chi connectivity index (χ3v) is 9.47. The van der Waals surface area contributed by atoms with Gasteiger partial charge in [0.2, 0.25) is 5.91 Å². The first kappa shape index (κ1) is 31.7. The zero-order chi connectivity index (χ0) is 31.4. The Hall–Kier alpha value is -4.27. The van der Waals surface area contributed by atoms with Crippen molar-refractivity contribution in [3.05, 3.63) is 108 Å². The van der Waals surface area contributed by atoms with Gasteiger partial charge < -0.3 is 10.1 Å². The number of nitrogens with zero attached hydrogens (tertiary/aromatic N) is 1. The minimum Gasteiger partial charge on any atom is -0.497 e. The Morgan fingerprint density at radius 3 is 2.00 bits per heavy atom. The minimum atomic E-state index is -4.79. The topological polar surface area (TPSA) is 122 Å². The molecule has 15 heteroatoms. The van der Waals surface area contributed by atoms with Gasteiger partial charge in [-0.3, -0.25) is 13.8 Å². The molecule has 0 spiro atoms. The Bertz CT molecular complexity index is 1820. The lowest BCUT2D eigenvalue weighted by Gasteiger charge is -2.24. The van der Waals surface area contributed by atoms with E-state index in [4.69, 9.17) is 16.3 Å². The van der Waals surface area contributed by atoms with Gasteiger partial charge in [0.15, 0.2) is 0 Å². The Kier molecular flexibility index (Phi) is 9.23. The number of ether oxygens (including phenoxy) is 1. The molecule has 0 aromatic heterocycles. The minimum absolute atomic E-state index is 0.0740. The lowest BCUT2D eigenvalue weighted by Crippen LogP contribution is -2.38. The molecular weight excluding hydrogens is 631 g/mol. The van der Waals surface area contributed by atoms with Crippen LogP contribution in [0.3, 0.4) is 0 Å². The van der Waals surface area contributed by atoms with Crippen LogP contribution < -0.4 is 19.1 Å². The van der Waals surface area contributed by atoms with E-state index in [1.807, 2.05) is 0 Å². The van der Waals surface area contributed by atoms with E-state index < -0.39 is 49.3 Å². The molecule has 0 aliphatic rings. The highest BCUT2D eigenvalue weighted by atomic mass is 35.5. The first-order valence-electron chi connectivity index (χ1n) is 12.2. The highest BCUT2D eigenvalue weighted by molar-refractivity contribution is 7.93. The van der Waals surface area contributed by atoms with Crippen LogP contribution in [0.5, 0.6) is 5.75 Å². The Balaban J connectivity index is 1.51. The summed E-state index contributed by atoms with van der Waals surface area (Å²) in [5.74, 6) is -0.279. The predicted molar refractivity (Wildman–Crippen MR) is 156 cm³/mol. The number of amides is 1. The van der Waals surface area contributed by atoms with Crippen molar-refractivity contribution in [2.45, 2.75) is 16.0 Å². The van der Waals surface area contributed by atoms with Crippen LogP contribution in [-0.4, -0.2) is 36.4 Å². The molecule has 0 bridgehead atoms. The molecule has 4 aromatic rings. The monoisotopic (exact) mass is 653 g/mol. The van der Waals surface area contributed by atoms with E-state index in [1.165, 1.54) is 55.6 Å². The fourth-order valence-electron chi connectivity index (χ4n) is 3.85. The van der Waals surface area contributed by atoms with Gasteiger partial charge in [0.25, 0.3) is 20.0 Å². The second-order valence-electron chi connectivity index (χ2n) is 8.89. The van der Waals surface area contributed by atoms with Crippen molar-refractivity contribution < 1.29 is 39.5 Å². The summed E-state index contributed by atoms with van der Waals surface area (Å²) in [6, 6.07) is 21.0. The van der Waals surface area contributed by atoms with Gasteiger partial charge in [-0.15, -0.1) is 0 Å². The van der Waals surface area contributed by atoms with Crippen molar-refractivity contribution >= 4 is 54.6 Å². The normalized spacial score (nSPS) is 11.9. The quantitative estimate of drug-likeness (QED) is 0.217. The number of hydrogen-bond acceptors (Lipinski definition) is 6. The van der Waals surface area contributed by atoms with E-state index in [0.717, 1.165) is 28.6 Å². The van der Waals surface area contributed by atoms with Crippen molar-refractivity contribution in [3.63, 3.8) is 0 Å². The smallest absolute Gasteiger partial charge is 0.417 e. The number of halogens is 4. The number of sulfonamides is 2. The standard InChI is InChI=1S/C28H23ClF3N3O6S2/c1-41-22-10-14-24(15-11-22)43(39,40)35(21-5-3-2-4-6-21)18-27(36)33-19-7-12-23(13-8-19)42(37,38)34-20-9-16-26(29)25(17-20)28(30,31)32/h2-17,34H,18H2,1H3,(H,33,36). The van der Waals surface area contributed by atoms with Gasteiger partial charge in [-0.1, -0.05) is 29.8 Å². The molecule has 0 radical (unpaired) electrons. The molecule has 1 amide bonds. The van der Waals surface area contributed by atoms with E-state index in [-0.39, 0.29) is 26.9 Å². The van der Waals surface area contributed by atoms with Crippen LogP contribution >= 0.6 is 11.6 Å². The molecule has 9 nitrogen and oxygen atoms in total. The number of anilines is 3. The summed E-state index contributed by atoms with van der Waals surface area (Å²) >= 11 is 5.59. The van der Waals surface area contributed by atoms with E-state index in [1.54, 1.807) is 18.2 Å². The molecular formula is C28H23ClF3N3O6S2. The highest BCUT2D eigenvalue weighted by Gasteiger charge is 2.34. The van der Waals surface area contributed by atoms with Gasteiger partial charge in [0, 0.05) is 11.4 Å². The van der Waals surface area contributed by atoms with Crippen LogP contribution in [0.4, 0.5) is 30.2 Å². The van der Waals surface area contributed by atoms with Crippen LogP contribution in [0.25, 0.3) is 0 Å². The summed E-state index contributed by atoms with van der Waals surface area (Å²) < 4.78 is 100. The Morgan fingerprint density at radius 2 is 1.42 bits per heavy atom. The molecule has 0 unspecified atom stereocenters. The number of hydrogen-bond donors (Lipinski definition) is 2. The lowest BCUT2D eigenvalue weighted by molar-refractivity contribution is -0.137. The maximum atomic E-state index is 13.5. The van der Waals surface area contributed by atoms with E-state index >= 15 is 0 Å². The fraction of sp³-hybridized carbons (Fsp3) is 0.107. The summed E-state index contributed by atoms with van der Waals surface area (Å²) in [6.45, 7) is -0.613. The number of nitrogens with one attached hydrogen (secondary N) is 2. The summed E-state index contributed by atoms with van der Waals surface area (Å²) in [4.78, 5) is 12.6. The molecule has 2 N–H and O–H groups in total. The van der Waals surface area contributed by atoms with Crippen molar-refractivity contribution in [2.75, 3.05) is 28.0 Å². The summed E-state index contributed by atoms with van der Waals surface area (Å²) in [5, 5.41) is 1.94. The van der Waals surface area contributed by atoms with Gasteiger partial charge >= 0.3 is 6.18 Å². The second-order valence-corrected chi connectivity index (χ2v) is 12.8. The number of carbonyl (C=O) groups excluding carboxylic acids is 1. The first-order chi connectivity index (χ1) is 20.2.